The zero-order valence-electron chi connectivity index (χ0n) is 18.7. The second kappa shape index (κ2) is 9.10. The van der Waals surface area contributed by atoms with Crippen LogP contribution in [0, 0.1) is 0 Å². The van der Waals surface area contributed by atoms with Gasteiger partial charge in [-0.05, 0) is 48.5 Å². The first-order valence-corrected chi connectivity index (χ1v) is 16.5. The molecule has 2 aliphatic rings. The number of hydrogen-bond acceptors (Lipinski definition) is 9. The molecule has 0 amide bonds. The molecule has 2 aromatic carbocycles. The highest BCUT2D eigenvalue weighted by Crippen LogP contribution is 2.39. The quantitative estimate of drug-likeness (QED) is 0.437. The molecular weight excluding hydrogens is 556 g/mol. The Labute approximate surface area is 209 Å². The molecular formula is C19H24N4O9S4. The predicted molar refractivity (Wildman–Crippen MR) is 126 cm³/mol. The number of ether oxygens (including phenoxy) is 1. The van der Waals surface area contributed by atoms with Crippen LogP contribution in [-0.2, 0) is 44.8 Å². The molecule has 2 heterocycles. The van der Waals surface area contributed by atoms with Gasteiger partial charge in [0.15, 0.2) is 0 Å². The molecule has 0 bridgehead atoms. The summed E-state index contributed by atoms with van der Waals surface area (Å²) < 4.78 is 107. The van der Waals surface area contributed by atoms with Crippen LogP contribution < -0.4 is 10.3 Å². The molecule has 0 radical (unpaired) electrons. The number of piperidine rings is 1. The van der Waals surface area contributed by atoms with Crippen LogP contribution in [0.2, 0.25) is 0 Å². The summed E-state index contributed by atoms with van der Waals surface area (Å²) in [5.41, 5.74) is -1.26. The van der Waals surface area contributed by atoms with Crippen LogP contribution >= 0.6 is 0 Å². The van der Waals surface area contributed by atoms with E-state index >= 15 is 0 Å². The number of rotatable bonds is 6. The van der Waals surface area contributed by atoms with E-state index in [0.717, 1.165) is 48.5 Å². The van der Waals surface area contributed by atoms with Gasteiger partial charge in [0.25, 0.3) is 0 Å². The lowest BCUT2D eigenvalue weighted by atomic mass is 10.0. The van der Waals surface area contributed by atoms with Crippen molar-refractivity contribution in [2.75, 3.05) is 26.2 Å². The van der Waals surface area contributed by atoms with Crippen LogP contribution in [0.3, 0.4) is 0 Å². The van der Waals surface area contributed by atoms with Gasteiger partial charge < -0.3 is 4.74 Å². The van der Waals surface area contributed by atoms with Crippen LogP contribution in [0.1, 0.15) is 12.8 Å². The summed E-state index contributed by atoms with van der Waals surface area (Å²) in [6.07, 6.45) is 0.103. The van der Waals surface area contributed by atoms with E-state index in [1.54, 1.807) is 0 Å². The number of benzene rings is 2. The maximum absolute atomic E-state index is 13.4. The van der Waals surface area contributed by atoms with Crippen molar-refractivity contribution in [1.29, 1.82) is 0 Å². The second-order valence-corrected chi connectivity index (χ2v) is 15.2. The van der Waals surface area contributed by atoms with E-state index in [-0.39, 0.29) is 58.7 Å². The molecule has 17 heteroatoms. The van der Waals surface area contributed by atoms with Crippen molar-refractivity contribution < 1.29 is 38.4 Å². The molecule has 36 heavy (non-hydrogen) atoms. The average molecular weight is 581 g/mol. The van der Waals surface area contributed by atoms with E-state index < -0.39 is 45.8 Å². The highest BCUT2D eigenvalue weighted by molar-refractivity contribution is 7.90. The van der Waals surface area contributed by atoms with Crippen molar-refractivity contribution in [1.82, 2.24) is 8.61 Å². The van der Waals surface area contributed by atoms with Gasteiger partial charge >= 0.3 is 0 Å². The first-order valence-electron chi connectivity index (χ1n) is 10.5. The predicted octanol–water partition coefficient (Wildman–Crippen LogP) is -0.817. The van der Waals surface area contributed by atoms with Crippen molar-refractivity contribution in [2.24, 2.45) is 10.3 Å². The van der Waals surface area contributed by atoms with Gasteiger partial charge in [-0.3, -0.25) is 0 Å². The summed E-state index contributed by atoms with van der Waals surface area (Å²) in [4.78, 5) is -0.733. The Morgan fingerprint density at radius 3 is 1.42 bits per heavy atom. The lowest BCUT2D eigenvalue weighted by Crippen LogP contribution is -2.55. The number of sulfonamides is 4. The average Bonchev–Trinajstić information content (AvgIpc) is 3.22. The monoisotopic (exact) mass is 580 g/mol. The zero-order chi connectivity index (χ0) is 26.6. The Morgan fingerprint density at radius 1 is 0.611 bits per heavy atom. The Balaban J connectivity index is 1.54. The molecule has 4 N–H and O–H groups in total. The van der Waals surface area contributed by atoms with Gasteiger partial charge in [-0.2, -0.15) is 8.61 Å². The summed E-state index contributed by atoms with van der Waals surface area (Å²) in [5.74, 6) is 0. The van der Waals surface area contributed by atoms with Crippen LogP contribution in [0.4, 0.5) is 0 Å². The normalized spacial score (nSPS) is 20.1. The molecule has 1 spiro atoms. The van der Waals surface area contributed by atoms with Gasteiger partial charge in [-0.15, -0.1) is 0 Å². The molecule has 0 saturated carbocycles. The third-order valence-corrected chi connectivity index (χ3v) is 11.9. The maximum atomic E-state index is 13.4. The van der Waals surface area contributed by atoms with Gasteiger partial charge in [0.1, 0.15) is 5.72 Å². The van der Waals surface area contributed by atoms with E-state index in [1.807, 2.05) is 0 Å². The number of primary sulfonamides is 2. The fourth-order valence-corrected chi connectivity index (χ4v) is 8.48. The van der Waals surface area contributed by atoms with E-state index in [1.165, 1.54) is 8.61 Å². The summed E-state index contributed by atoms with van der Waals surface area (Å²) in [7, 11) is -16.1. The van der Waals surface area contributed by atoms with Crippen LogP contribution in [0.25, 0.3) is 0 Å². The number of hydrogen-bond donors (Lipinski definition) is 2. The number of nitrogens with two attached hydrogens (primary N) is 2. The molecule has 2 fully saturated rings. The highest BCUT2D eigenvalue weighted by atomic mass is 32.2. The van der Waals surface area contributed by atoms with Crippen molar-refractivity contribution in [3.05, 3.63) is 48.5 Å². The third kappa shape index (κ3) is 4.94. The van der Waals surface area contributed by atoms with E-state index in [0.29, 0.717) is 0 Å². The maximum Gasteiger partial charge on any atom is 0.245 e. The van der Waals surface area contributed by atoms with Gasteiger partial charge in [0, 0.05) is 32.5 Å². The molecule has 0 atom stereocenters. The first-order chi connectivity index (χ1) is 16.6. The summed E-state index contributed by atoms with van der Waals surface area (Å²) in [5, 5.41) is 10.1. The SMILES string of the molecule is NS(=O)(=O)c1ccc(S(=O)(=O)N2CCC3(CC2)OCCN3S(=O)(=O)c2ccc(S(N)(=O)=O)cc2)cc1. The van der Waals surface area contributed by atoms with Crippen molar-refractivity contribution in [3.63, 3.8) is 0 Å². The standard InChI is InChI=1S/C19H24N4O9S4/c20-33(24,25)15-1-5-17(6-2-15)35(28,29)22-11-9-19(10-12-22)23(13-14-32-19)36(30,31)18-7-3-16(4-8-18)34(21,26)27/h1-8H,9-14H2,(H2,20,24,25)(H2,21,26,27). The summed E-state index contributed by atoms with van der Waals surface area (Å²) >= 11 is 0. The van der Waals surface area contributed by atoms with Crippen molar-refractivity contribution in [2.45, 2.75) is 38.1 Å². The number of nitrogens with zero attached hydrogens (tertiary/aromatic N) is 2. The van der Waals surface area contributed by atoms with Gasteiger partial charge in [0.2, 0.25) is 40.1 Å². The van der Waals surface area contributed by atoms with Crippen LogP contribution in [0.15, 0.2) is 68.1 Å². The topological polar surface area (TPSA) is 204 Å². The third-order valence-electron chi connectivity index (χ3n) is 6.15. The van der Waals surface area contributed by atoms with Crippen LogP contribution in [0.5, 0.6) is 0 Å². The highest BCUT2D eigenvalue weighted by Gasteiger charge is 2.51. The fourth-order valence-electron chi connectivity index (χ4n) is 4.28. The Morgan fingerprint density at radius 2 is 1.00 bits per heavy atom. The van der Waals surface area contributed by atoms with E-state index in [4.69, 9.17) is 15.0 Å². The van der Waals surface area contributed by atoms with Gasteiger partial charge in [0.05, 0.1) is 26.2 Å². The lowest BCUT2D eigenvalue weighted by Gasteiger charge is -2.42. The Hall–Kier alpha value is -1.96. The minimum absolute atomic E-state index is 0.0427. The fraction of sp³-hybridized carbons (Fsp3) is 0.368. The lowest BCUT2D eigenvalue weighted by molar-refractivity contribution is -0.0806. The Bertz CT molecular complexity index is 1580. The Kier molecular flexibility index (Phi) is 6.85. The molecule has 2 aromatic rings. The van der Waals surface area contributed by atoms with Gasteiger partial charge in [-0.25, -0.2) is 43.9 Å². The molecule has 0 unspecified atom stereocenters. The van der Waals surface area contributed by atoms with E-state index in [9.17, 15) is 33.7 Å². The molecule has 2 aliphatic heterocycles. The summed E-state index contributed by atoms with van der Waals surface area (Å²) in [6, 6.07) is 8.98. The van der Waals surface area contributed by atoms with E-state index in [2.05, 4.69) is 0 Å². The molecule has 2 saturated heterocycles. The largest absolute Gasteiger partial charge is 0.358 e. The molecule has 13 nitrogen and oxygen atoms in total. The first kappa shape index (κ1) is 27.1. The minimum Gasteiger partial charge on any atom is -0.358 e. The molecule has 4 rings (SSSR count). The van der Waals surface area contributed by atoms with Crippen molar-refractivity contribution in [3.8, 4) is 0 Å². The van der Waals surface area contributed by atoms with Gasteiger partial charge in [-0.1, -0.05) is 0 Å². The molecule has 0 aromatic heterocycles. The van der Waals surface area contributed by atoms with Crippen molar-refractivity contribution >= 4 is 40.1 Å². The minimum atomic E-state index is -4.10. The second-order valence-electron chi connectivity index (χ2n) is 8.31. The zero-order valence-corrected chi connectivity index (χ0v) is 22.0. The van der Waals surface area contributed by atoms with Crippen LogP contribution in [-0.4, -0.2) is 74.2 Å². The molecule has 198 valence electrons. The smallest absolute Gasteiger partial charge is 0.245 e. The summed E-state index contributed by atoms with van der Waals surface area (Å²) in [6.45, 7) is 0.0581. The molecule has 0 aliphatic carbocycles.